The molecule has 1 saturated heterocycles. The first kappa shape index (κ1) is 22.8. The van der Waals surface area contributed by atoms with Gasteiger partial charge in [-0.2, -0.15) is 4.31 Å². The van der Waals surface area contributed by atoms with Gasteiger partial charge in [0.15, 0.2) is 0 Å². The highest BCUT2D eigenvalue weighted by molar-refractivity contribution is 7.89. The van der Waals surface area contributed by atoms with Crippen LogP contribution in [0.3, 0.4) is 0 Å². The van der Waals surface area contributed by atoms with Gasteiger partial charge in [-0.1, -0.05) is 30.0 Å². The van der Waals surface area contributed by atoms with Crippen LogP contribution in [-0.4, -0.2) is 55.2 Å². The van der Waals surface area contributed by atoms with E-state index in [9.17, 15) is 13.2 Å². The van der Waals surface area contributed by atoms with Crippen molar-refractivity contribution in [2.24, 2.45) is 0 Å². The van der Waals surface area contributed by atoms with E-state index in [1.165, 1.54) is 29.7 Å². The molecule has 31 heavy (non-hydrogen) atoms. The molecule has 1 aliphatic heterocycles. The summed E-state index contributed by atoms with van der Waals surface area (Å²) in [6.45, 7) is 3.45. The van der Waals surface area contributed by atoms with Gasteiger partial charge in [-0.15, -0.1) is 0 Å². The van der Waals surface area contributed by atoms with Crippen molar-refractivity contribution in [1.29, 1.82) is 0 Å². The van der Waals surface area contributed by atoms with Crippen LogP contribution in [0.5, 0.6) is 5.75 Å². The number of amides is 1. The summed E-state index contributed by atoms with van der Waals surface area (Å²) >= 11 is 0. The number of carbonyl (C=O) groups is 1. The van der Waals surface area contributed by atoms with Crippen LogP contribution in [0, 0.1) is 11.8 Å². The molecule has 8 nitrogen and oxygen atoms in total. The lowest BCUT2D eigenvalue weighted by molar-refractivity contribution is -0.146. The Balaban J connectivity index is 1.72. The van der Waals surface area contributed by atoms with E-state index in [-0.39, 0.29) is 18.0 Å². The van der Waals surface area contributed by atoms with Gasteiger partial charge in [0.05, 0.1) is 17.1 Å². The summed E-state index contributed by atoms with van der Waals surface area (Å²) in [7, 11) is -4.01. The summed E-state index contributed by atoms with van der Waals surface area (Å²) in [6.07, 6.45) is -1.13. The molecule has 3 rings (SSSR count). The molecule has 2 aromatic rings. The molecule has 0 radical (unpaired) electrons. The minimum Gasteiger partial charge on any atom is -0.481 e. The highest BCUT2D eigenvalue weighted by Crippen LogP contribution is 2.27. The Hall–Kier alpha value is -2.90. The van der Waals surface area contributed by atoms with Crippen LogP contribution in [-0.2, 0) is 19.6 Å². The number of benzene rings is 2. The van der Waals surface area contributed by atoms with Crippen molar-refractivity contribution in [3.63, 3.8) is 0 Å². The van der Waals surface area contributed by atoms with E-state index in [0.717, 1.165) is 9.87 Å². The lowest BCUT2D eigenvalue weighted by Crippen LogP contribution is -2.60. The Morgan fingerprint density at radius 3 is 2.52 bits per heavy atom. The SMILES string of the molecule is CC1CN(S(=O)(=O)c2ccc(OCC#Cc3ccccc3)cc2)C(C(=O)NO)C(C)O1. The van der Waals surface area contributed by atoms with Crippen LogP contribution in [0.15, 0.2) is 59.5 Å². The Morgan fingerprint density at radius 2 is 1.87 bits per heavy atom. The van der Waals surface area contributed by atoms with Gasteiger partial charge in [0, 0.05) is 12.1 Å². The van der Waals surface area contributed by atoms with E-state index in [1.54, 1.807) is 13.8 Å². The number of ether oxygens (including phenoxy) is 2. The monoisotopic (exact) mass is 444 g/mol. The maximum atomic E-state index is 13.2. The number of morpholine rings is 1. The van der Waals surface area contributed by atoms with Crippen LogP contribution in [0.1, 0.15) is 19.4 Å². The zero-order chi connectivity index (χ0) is 22.4. The molecule has 0 aromatic heterocycles. The molecule has 2 aromatic carbocycles. The topological polar surface area (TPSA) is 105 Å². The zero-order valence-electron chi connectivity index (χ0n) is 17.2. The fourth-order valence-corrected chi connectivity index (χ4v) is 5.09. The highest BCUT2D eigenvalue weighted by Gasteiger charge is 2.44. The molecule has 0 spiro atoms. The van der Waals surface area contributed by atoms with Gasteiger partial charge in [-0.25, -0.2) is 13.9 Å². The number of hydrogen-bond acceptors (Lipinski definition) is 6. The van der Waals surface area contributed by atoms with Gasteiger partial charge >= 0.3 is 0 Å². The third-order valence-electron chi connectivity index (χ3n) is 4.77. The molecule has 1 fully saturated rings. The molecule has 0 aliphatic carbocycles. The van der Waals surface area contributed by atoms with E-state index in [2.05, 4.69) is 11.8 Å². The van der Waals surface area contributed by atoms with Crippen LogP contribution < -0.4 is 10.2 Å². The lowest BCUT2D eigenvalue weighted by Gasteiger charge is -2.40. The average Bonchev–Trinajstić information content (AvgIpc) is 2.77. The first-order valence-electron chi connectivity index (χ1n) is 9.71. The van der Waals surface area contributed by atoms with Gasteiger partial charge in [0.25, 0.3) is 5.91 Å². The largest absolute Gasteiger partial charge is 0.481 e. The van der Waals surface area contributed by atoms with E-state index in [1.807, 2.05) is 30.3 Å². The van der Waals surface area contributed by atoms with E-state index in [0.29, 0.717) is 5.75 Å². The second kappa shape index (κ2) is 9.94. The predicted molar refractivity (Wildman–Crippen MR) is 113 cm³/mol. The van der Waals surface area contributed by atoms with Crippen LogP contribution in [0.25, 0.3) is 0 Å². The predicted octanol–water partition coefficient (Wildman–Crippen LogP) is 1.79. The summed E-state index contributed by atoms with van der Waals surface area (Å²) < 4.78 is 38.6. The minimum atomic E-state index is -4.01. The van der Waals surface area contributed by atoms with E-state index >= 15 is 0 Å². The Kier molecular flexibility index (Phi) is 7.30. The molecule has 1 amide bonds. The van der Waals surface area contributed by atoms with Crippen LogP contribution in [0.2, 0.25) is 0 Å². The molecule has 164 valence electrons. The zero-order valence-corrected chi connectivity index (χ0v) is 18.0. The second-order valence-corrected chi connectivity index (χ2v) is 8.97. The molecular weight excluding hydrogens is 420 g/mol. The number of carbonyl (C=O) groups excluding carboxylic acids is 1. The highest BCUT2D eigenvalue weighted by atomic mass is 32.2. The molecular formula is C22H24N2O6S. The van der Waals surface area contributed by atoms with E-state index < -0.39 is 34.2 Å². The number of nitrogens with zero attached hydrogens (tertiary/aromatic N) is 1. The quantitative estimate of drug-likeness (QED) is 0.414. The summed E-state index contributed by atoms with van der Waals surface area (Å²) in [5.41, 5.74) is 2.40. The molecule has 9 heteroatoms. The van der Waals surface area contributed by atoms with Crippen molar-refractivity contribution >= 4 is 15.9 Å². The van der Waals surface area contributed by atoms with Gasteiger partial charge in [-0.3, -0.25) is 10.0 Å². The second-order valence-electron chi connectivity index (χ2n) is 7.08. The maximum Gasteiger partial charge on any atom is 0.264 e. The van der Waals surface area contributed by atoms with Gasteiger partial charge in [-0.05, 0) is 50.2 Å². The number of hydrogen-bond donors (Lipinski definition) is 2. The normalized spacial score (nSPS) is 21.6. The number of nitrogens with one attached hydrogen (secondary N) is 1. The standard InChI is InChI=1S/C22H24N2O6S/c1-16-15-24(21(17(2)30-16)22(25)23-26)31(27,28)20-12-10-19(11-13-20)29-14-6-9-18-7-4-3-5-8-18/h3-5,7-8,10-13,16-17,21,26H,14-15H2,1-2H3,(H,23,25). The van der Waals surface area contributed by atoms with Gasteiger partial charge < -0.3 is 9.47 Å². The summed E-state index contributed by atoms with van der Waals surface area (Å²) in [4.78, 5) is 12.1. The number of sulfonamides is 1. The van der Waals surface area contributed by atoms with Crippen molar-refractivity contribution in [2.45, 2.75) is 37.0 Å². The van der Waals surface area contributed by atoms with Crippen molar-refractivity contribution in [3.05, 3.63) is 60.2 Å². The number of rotatable bonds is 5. The van der Waals surface area contributed by atoms with E-state index in [4.69, 9.17) is 14.7 Å². The van der Waals surface area contributed by atoms with Crippen molar-refractivity contribution < 1.29 is 27.9 Å². The van der Waals surface area contributed by atoms with Gasteiger partial charge in [0.2, 0.25) is 10.0 Å². The summed E-state index contributed by atoms with van der Waals surface area (Å²) in [5.74, 6) is 5.50. The van der Waals surface area contributed by atoms with Crippen LogP contribution >= 0.6 is 0 Å². The minimum absolute atomic E-state index is 0.00672. The van der Waals surface area contributed by atoms with Crippen molar-refractivity contribution in [1.82, 2.24) is 9.79 Å². The van der Waals surface area contributed by atoms with Crippen molar-refractivity contribution in [2.75, 3.05) is 13.2 Å². The fraction of sp³-hybridized carbons (Fsp3) is 0.318. The van der Waals surface area contributed by atoms with Gasteiger partial charge in [0.1, 0.15) is 18.4 Å². The fourth-order valence-electron chi connectivity index (χ4n) is 3.37. The molecule has 1 aliphatic rings. The summed E-state index contributed by atoms with van der Waals surface area (Å²) in [6, 6.07) is 14.2. The first-order chi connectivity index (χ1) is 14.8. The molecule has 1 heterocycles. The third-order valence-corrected chi connectivity index (χ3v) is 6.63. The first-order valence-corrected chi connectivity index (χ1v) is 11.1. The molecule has 0 bridgehead atoms. The molecule has 0 saturated carbocycles. The smallest absolute Gasteiger partial charge is 0.264 e. The number of hydroxylamine groups is 1. The maximum absolute atomic E-state index is 13.2. The molecule has 3 unspecified atom stereocenters. The Morgan fingerprint density at radius 1 is 1.19 bits per heavy atom. The lowest BCUT2D eigenvalue weighted by atomic mass is 10.1. The molecule has 3 atom stereocenters. The average molecular weight is 445 g/mol. The third kappa shape index (κ3) is 5.42. The Bertz CT molecular complexity index is 1060. The van der Waals surface area contributed by atoms with Crippen molar-refractivity contribution in [3.8, 4) is 17.6 Å². The molecule has 2 N–H and O–H groups in total. The Labute approximate surface area is 181 Å². The van der Waals surface area contributed by atoms with Crippen LogP contribution in [0.4, 0.5) is 0 Å². The summed E-state index contributed by atoms with van der Waals surface area (Å²) in [5, 5.41) is 9.03.